The molecule has 0 bridgehead atoms. The van der Waals surface area contributed by atoms with E-state index in [0.717, 1.165) is 6.04 Å². The van der Waals surface area contributed by atoms with Crippen molar-refractivity contribution < 1.29 is 18.7 Å². The lowest BCUT2D eigenvalue weighted by Gasteiger charge is -2.15. The largest absolute Gasteiger partial charge is 0.465 e. The number of ether oxygens (including phenoxy) is 2. The molecule has 1 aromatic heterocycles. The van der Waals surface area contributed by atoms with Crippen LogP contribution >= 0.6 is 11.6 Å². The molecule has 0 amide bonds. The summed E-state index contributed by atoms with van der Waals surface area (Å²) in [5, 5.41) is 7.52. The third kappa shape index (κ3) is 3.68. The second kappa shape index (κ2) is 7.04. The number of fused-ring (bicyclic) bond motifs is 1. The van der Waals surface area contributed by atoms with Crippen LogP contribution in [0.15, 0.2) is 0 Å². The summed E-state index contributed by atoms with van der Waals surface area (Å²) in [7, 11) is -0.0524. The van der Waals surface area contributed by atoms with E-state index in [1.807, 2.05) is 0 Å². The van der Waals surface area contributed by atoms with Crippen LogP contribution in [-0.2, 0) is 16.2 Å². The monoisotopic (exact) mass is 374 g/mol. The second-order valence-corrected chi connectivity index (χ2v) is 12.5. The fourth-order valence-corrected chi connectivity index (χ4v) is 3.13. The molecule has 0 radical (unpaired) electrons. The Labute approximate surface area is 144 Å². The molecule has 1 heterocycles. The van der Waals surface area contributed by atoms with E-state index in [1.54, 1.807) is 0 Å². The van der Waals surface area contributed by atoms with Gasteiger partial charge in [0.05, 0.1) is 12.8 Å². The molecule has 7 nitrogen and oxygen atoms in total. The molecule has 10 heteroatoms. The number of nitrogen functional groups attached to an aromatic ring is 1. The van der Waals surface area contributed by atoms with E-state index in [2.05, 4.69) is 34.7 Å². The standard InChI is InChI=1S/C14H20ClFN4O3Si/c1-22-14(21)8-11(17)10(16)9(15)13-12(8)18-19-20(13)7-23-5-6-24(2,3)4/h5-7,17H2,1-4H3. The van der Waals surface area contributed by atoms with Gasteiger partial charge in [0.25, 0.3) is 0 Å². The molecule has 0 fully saturated rings. The maximum atomic E-state index is 14.3. The third-order valence-corrected chi connectivity index (χ3v) is 5.53. The first kappa shape index (κ1) is 18.6. The van der Waals surface area contributed by atoms with Gasteiger partial charge in [-0.25, -0.2) is 13.9 Å². The van der Waals surface area contributed by atoms with Crippen molar-refractivity contribution in [1.82, 2.24) is 15.0 Å². The number of halogens is 2. The maximum absolute atomic E-state index is 14.3. The molecule has 0 spiro atoms. The number of carbonyl (C=O) groups excluding carboxylic acids is 1. The lowest BCUT2D eigenvalue weighted by Crippen LogP contribution is -2.22. The van der Waals surface area contributed by atoms with Gasteiger partial charge in [-0.05, 0) is 6.04 Å². The van der Waals surface area contributed by atoms with Crippen molar-refractivity contribution in [3.63, 3.8) is 0 Å². The smallest absolute Gasteiger partial charge is 0.342 e. The molecule has 132 valence electrons. The molecule has 0 aliphatic heterocycles. The van der Waals surface area contributed by atoms with Crippen LogP contribution in [0.1, 0.15) is 10.4 Å². The number of hydrogen-bond acceptors (Lipinski definition) is 6. The van der Waals surface area contributed by atoms with Gasteiger partial charge in [0.15, 0.2) is 5.82 Å². The first-order valence-corrected chi connectivity index (χ1v) is 11.4. The van der Waals surface area contributed by atoms with Gasteiger partial charge >= 0.3 is 5.97 Å². The molecular formula is C14H20ClFN4O3Si. The highest BCUT2D eigenvalue weighted by Gasteiger charge is 2.26. The Kier molecular flexibility index (Phi) is 5.46. The summed E-state index contributed by atoms with van der Waals surface area (Å²) in [5.74, 6) is -1.71. The zero-order chi connectivity index (χ0) is 18.1. The van der Waals surface area contributed by atoms with Gasteiger partial charge in [0.1, 0.15) is 28.4 Å². The molecule has 2 N–H and O–H groups in total. The van der Waals surface area contributed by atoms with Crippen molar-refractivity contribution in [3.8, 4) is 0 Å². The van der Waals surface area contributed by atoms with E-state index in [1.165, 1.54) is 11.8 Å². The Hall–Kier alpha value is -1.71. The van der Waals surface area contributed by atoms with Crippen LogP contribution in [0.2, 0.25) is 30.7 Å². The summed E-state index contributed by atoms with van der Waals surface area (Å²) in [5.41, 5.74) is 5.27. The predicted molar refractivity (Wildman–Crippen MR) is 92.4 cm³/mol. The fraction of sp³-hybridized carbons (Fsp3) is 0.500. The molecule has 0 saturated carbocycles. The minimum absolute atomic E-state index is 0.0463. The minimum Gasteiger partial charge on any atom is -0.465 e. The van der Waals surface area contributed by atoms with Crippen molar-refractivity contribution in [2.45, 2.75) is 32.4 Å². The normalized spacial score (nSPS) is 11.9. The van der Waals surface area contributed by atoms with Crippen LogP contribution < -0.4 is 5.73 Å². The third-order valence-electron chi connectivity index (χ3n) is 3.48. The average Bonchev–Trinajstić information content (AvgIpc) is 2.92. The number of rotatable bonds is 6. The van der Waals surface area contributed by atoms with Crippen molar-refractivity contribution in [1.29, 1.82) is 0 Å². The molecule has 0 unspecified atom stereocenters. The molecule has 1 aromatic carbocycles. The van der Waals surface area contributed by atoms with Gasteiger partial charge < -0.3 is 15.2 Å². The Morgan fingerprint density at radius 2 is 2.08 bits per heavy atom. The SMILES string of the molecule is COC(=O)c1c(N)c(F)c(Cl)c2c1nnn2COCC[Si](C)(C)C. The summed E-state index contributed by atoms with van der Waals surface area (Å²) in [4.78, 5) is 11.9. The number of nitrogens with two attached hydrogens (primary N) is 1. The summed E-state index contributed by atoms with van der Waals surface area (Å²) in [6, 6.07) is 0.974. The number of hydrogen-bond donors (Lipinski definition) is 1. The first-order valence-electron chi connectivity index (χ1n) is 7.33. The topological polar surface area (TPSA) is 92.3 Å². The zero-order valence-corrected chi connectivity index (χ0v) is 15.8. The van der Waals surface area contributed by atoms with E-state index < -0.39 is 25.5 Å². The van der Waals surface area contributed by atoms with E-state index in [9.17, 15) is 9.18 Å². The number of nitrogens with zero attached hydrogens (tertiary/aromatic N) is 3. The highest BCUT2D eigenvalue weighted by atomic mass is 35.5. The number of esters is 1. The summed E-state index contributed by atoms with van der Waals surface area (Å²) in [6.07, 6.45) is 0. The lowest BCUT2D eigenvalue weighted by molar-refractivity contribution is 0.0603. The number of carbonyl (C=O) groups is 1. The molecule has 0 aliphatic carbocycles. The van der Waals surface area contributed by atoms with Gasteiger partial charge in [-0.3, -0.25) is 0 Å². The predicted octanol–water partition coefficient (Wildman–Crippen LogP) is 2.90. The van der Waals surface area contributed by atoms with Gasteiger partial charge in [-0.2, -0.15) is 0 Å². The molecule has 0 saturated heterocycles. The van der Waals surface area contributed by atoms with Gasteiger partial charge in [-0.15, -0.1) is 5.10 Å². The quantitative estimate of drug-likeness (QED) is 0.361. The van der Waals surface area contributed by atoms with Crippen molar-refractivity contribution in [2.75, 3.05) is 19.5 Å². The van der Waals surface area contributed by atoms with Crippen LogP contribution in [0, 0.1) is 5.82 Å². The Morgan fingerprint density at radius 1 is 1.42 bits per heavy atom. The van der Waals surface area contributed by atoms with Crippen LogP contribution in [0.4, 0.5) is 10.1 Å². The number of methoxy groups -OCH3 is 1. The van der Waals surface area contributed by atoms with Gasteiger partial charge in [0.2, 0.25) is 0 Å². The van der Waals surface area contributed by atoms with Crippen LogP contribution in [0.25, 0.3) is 11.0 Å². The summed E-state index contributed by atoms with van der Waals surface area (Å²) >= 11 is 6.03. The van der Waals surface area contributed by atoms with E-state index in [0.29, 0.717) is 6.61 Å². The Balaban J connectivity index is 2.37. The van der Waals surface area contributed by atoms with Crippen LogP contribution in [0.5, 0.6) is 0 Å². The Morgan fingerprint density at radius 3 is 2.67 bits per heavy atom. The zero-order valence-electron chi connectivity index (χ0n) is 14.0. The van der Waals surface area contributed by atoms with Crippen molar-refractivity contribution >= 4 is 42.4 Å². The fourth-order valence-electron chi connectivity index (χ4n) is 2.09. The highest BCUT2D eigenvalue weighted by Crippen LogP contribution is 2.34. The van der Waals surface area contributed by atoms with Crippen LogP contribution in [-0.4, -0.2) is 42.8 Å². The van der Waals surface area contributed by atoms with E-state index in [4.69, 9.17) is 22.1 Å². The van der Waals surface area contributed by atoms with Crippen molar-refractivity contribution in [2.24, 2.45) is 0 Å². The first-order chi connectivity index (χ1) is 11.2. The van der Waals surface area contributed by atoms with Gasteiger partial charge in [0, 0.05) is 14.7 Å². The number of anilines is 1. The second-order valence-electron chi connectivity index (χ2n) is 6.54. The van der Waals surface area contributed by atoms with E-state index in [-0.39, 0.29) is 28.4 Å². The number of benzene rings is 1. The maximum Gasteiger partial charge on any atom is 0.342 e. The molecule has 24 heavy (non-hydrogen) atoms. The summed E-state index contributed by atoms with van der Waals surface area (Å²) in [6.45, 7) is 7.30. The average molecular weight is 375 g/mol. The molecule has 2 rings (SSSR count). The number of aromatic nitrogens is 3. The lowest BCUT2D eigenvalue weighted by atomic mass is 10.1. The molecule has 0 atom stereocenters. The highest BCUT2D eigenvalue weighted by molar-refractivity contribution is 6.76. The Bertz CT molecular complexity index is 776. The molecule has 0 aliphatic rings. The van der Waals surface area contributed by atoms with E-state index >= 15 is 0 Å². The van der Waals surface area contributed by atoms with Gasteiger partial charge in [-0.1, -0.05) is 36.5 Å². The summed E-state index contributed by atoms with van der Waals surface area (Å²) < 4.78 is 25.8. The van der Waals surface area contributed by atoms with Crippen molar-refractivity contribution in [3.05, 3.63) is 16.4 Å². The minimum atomic E-state index is -1.22. The van der Waals surface area contributed by atoms with Crippen LogP contribution in [0.3, 0.4) is 0 Å². The molecular weight excluding hydrogens is 355 g/mol. The molecule has 2 aromatic rings.